The Morgan fingerprint density at radius 2 is 1.68 bits per heavy atom. The van der Waals surface area contributed by atoms with Gasteiger partial charge in [-0.2, -0.15) is 0 Å². The Bertz CT molecular complexity index is 692. The molecule has 0 spiro atoms. The molecule has 2 rings (SSSR count). The largest absolute Gasteiger partial charge is 0.399 e. The molecule has 0 saturated carbocycles. The minimum Gasteiger partial charge on any atom is -0.399 e. The van der Waals surface area contributed by atoms with Crippen LogP contribution < -0.4 is 5.73 Å². The zero-order valence-corrected chi connectivity index (χ0v) is 12.4. The number of sulfone groups is 1. The number of hydrogen-bond donors (Lipinski definition) is 1. The molecule has 0 saturated heterocycles. The van der Waals surface area contributed by atoms with Gasteiger partial charge in [0.15, 0.2) is 9.84 Å². The van der Waals surface area contributed by atoms with Crippen LogP contribution in [-0.2, 0) is 9.84 Å². The summed E-state index contributed by atoms with van der Waals surface area (Å²) in [5, 5.41) is 0. The van der Waals surface area contributed by atoms with E-state index in [1.807, 2.05) is 37.3 Å². The van der Waals surface area contributed by atoms with E-state index in [-0.39, 0.29) is 0 Å². The molecule has 3 nitrogen and oxygen atoms in total. The quantitative estimate of drug-likeness (QED) is 0.883. The summed E-state index contributed by atoms with van der Waals surface area (Å²) in [6, 6.07) is 12.6. The summed E-state index contributed by atoms with van der Waals surface area (Å²) in [6.45, 7) is 2.02. The second-order valence-electron chi connectivity index (χ2n) is 4.37. The SMILES string of the molecule is Cc1ccc(N)cc1Sc1ccc(S(C)(=O)=O)cc1. The smallest absolute Gasteiger partial charge is 0.175 e. The first-order valence-electron chi connectivity index (χ1n) is 5.70. The van der Waals surface area contributed by atoms with E-state index in [2.05, 4.69) is 0 Å². The van der Waals surface area contributed by atoms with Crippen molar-refractivity contribution in [2.24, 2.45) is 0 Å². The van der Waals surface area contributed by atoms with E-state index in [4.69, 9.17) is 5.73 Å². The van der Waals surface area contributed by atoms with E-state index in [0.29, 0.717) is 4.90 Å². The molecule has 0 aliphatic rings. The predicted molar refractivity (Wildman–Crippen MR) is 79.3 cm³/mol. The van der Waals surface area contributed by atoms with Gasteiger partial charge in [0.25, 0.3) is 0 Å². The topological polar surface area (TPSA) is 60.2 Å². The molecule has 2 aromatic carbocycles. The Morgan fingerprint density at radius 3 is 2.26 bits per heavy atom. The van der Waals surface area contributed by atoms with Crippen molar-refractivity contribution in [2.45, 2.75) is 21.6 Å². The number of nitrogens with two attached hydrogens (primary N) is 1. The average Bonchev–Trinajstić information content (AvgIpc) is 2.33. The van der Waals surface area contributed by atoms with Crippen LogP contribution in [0.2, 0.25) is 0 Å². The Balaban J connectivity index is 2.27. The van der Waals surface area contributed by atoms with Crippen molar-refractivity contribution in [1.29, 1.82) is 0 Å². The molecule has 0 aliphatic heterocycles. The summed E-state index contributed by atoms with van der Waals surface area (Å²) in [7, 11) is -3.14. The predicted octanol–water partition coefficient (Wildman–Crippen LogP) is 3.13. The lowest BCUT2D eigenvalue weighted by Gasteiger charge is -2.07. The fraction of sp³-hybridized carbons (Fsp3) is 0.143. The highest BCUT2D eigenvalue weighted by atomic mass is 32.2. The number of nitrogen functional groups attached to an aromatic ring is 1. The average molecular weight is 293 g/mol. The highest BCUT2D eigenvalue weighted by molar-refractivity contribution is 7.99. The van der Waals surface area contributed by atoms with Gasteiger partial charge < -0.3 is 5.73 Å². The number of anilines is 1. The van der Waals surface area contributed by atoms with Gasteiger partial charge in [-0.15, -0.1) is 0 Å². The number of aryl methyl sites for hydroxylation is 1. The summed E-state index contributed by atoms with van der Waals surface area (Å²) in [5.41, 5.74) is 7.64. The molecule has 5 heteroatoms. The first-order chi connectivity index (χ1) is 8.86. The summed E-state index contributed by atoms with van der Waals surface area (Å²) in [6.07, 6.45) is 1.21. The van der Waals surface area contributed by atoms with Gasteiger partial charge in [0.2, 0.25) is 0 Å². The minimum atomic E-state index is -3.14. The monoisotopic (exact) mass is 293 g/mol. The normalized spacial score (nSPS) is 11.5. The second kappa shape index (κ2) is 5.27. The van der Waals surface area contributed by atoms with Crippen molar-refractivity contribution >= 4 is 27.3 Å². The molecule has 0 amide bonds. The molecule has 19 heavy (non-hydrogen) atoms. The van der Waals surface area contributed by atoms with E-state index in [0.717, 1.165) is 21.0 Å². The van der Waals surface area contributed by atoms with Crippen LogP contribution in [0.1, 0.15) is 5.56 Å². The van der Waals surface area contributed by atoms with Crippen molar-refractivity contribution in [3.8, 4) is 0 Å². The fourth-order valence-electron chi connectivity index (χ4n) is 1.61. The molecule has 0 atom stereocenters. The first-order valence-corrected chi connectivity index (χ1v) is 8.41. The number of hydrogen-bond acceptors (Lipinski definition) is 4. The van der Waals surface area contributed by atoms with Gasteiger partial charge in [0, 0.05) is 21.7 Å². The van der Waals surface area contributed by atoms with E-state index in [1.165, 1.54) is 6.26 Å². The Hall–Kier alpha value is -1.46. The van der Waals surface area contributed by atoms with Crippen LogP contribution in [0, 0.1) is 6.92 Å². The molecule has 0 aromatic heterocycles. The molecule has 100 valence electrons. The van der Waals surface area contributed by atoms with Crippen molar-refractivity contribution in [3.63, 3.8) is 0 Å². The Labute approximate surface area is 117 Å². The summed E-state index contributed by atoms with van der Waals surface area (Å²) in [5.74, 6) is 0. The molecule has 0 unspecified atom stereocenters. The third kappa shape index (κ3) is 3.52. The van der Waals surface area contributed by atoms with Gasteiger partial charge in [0.05, 0.1) is 4.90 Å². The van der Waals surface area contributed by atoms with Crippen LogP contribution in [-0.4, -0.2) is 14.7 Å². The lowest BCUT2D eigenvalue weighted by Crippen LogP contribution is -1.96. The third-order valence-electron chi connectivity index (χ3n) is 2.69. The van der Waals surface area contributed by atoms with Gasteiger partial charge >= 0.3 is 0 Å². The molecule has 0 radical (unpaired) electrons. The van der Waals surface area contributed by atoms with Crippen molar-refractivity contribution in [3.05, 3.63) is 48.0 Å². The van der Waals surface area contributed by atoms with Gasteiger partial charge in [-0.1, -0.05) is 17.8 Å². The summed E-state index contributed by atoms with van der Waals surface area (Å²) in [4.78, 5) is 2.40. The van der Waals surface area contributed by atoms with Crippen molar-refractivity contribution < 1.29 is 8.42 Å². The highest BCUT2D eigenvalue weighted by Gasteiger charge is 2.07. The molecule has 2 aromatic rings. The second-order valence-corrected chi connectivity index (χ2v) is 7.50. The zero-order valence-electron chi connectivity index (χ0n) is 10.8. The van der Waals surface area contributed by atoms with Gasteiger partial charge in [0.1, 0.15) is 0 Å². The van der Waals surface area contributed by atoms with E-state index in [9.17, 15) is 8.42 Å². The molecule has 0 aliphatic carbocycles. The maximum Gasteiger partial charge on any atom is 0.175 e. The lowest BCUT2D eigenvalue weighted by atomic mass is 10.2. The number of rotatable bonds is 3. The van der Waals surface area contributed by atoms with Crippen LogP contribution in [0.5, 0.6) is 0 Å². The van der Waals surface area contributed by atoms with Gasteiger partial charge in [-0.25, -0.2) is 8.42 Å². The van der Waals surface area contributed by atoms with E-state index >= 15 is 0 Å². The molecule has 2 N–H and O–H groups in total. The van der Waals surface area contributed by atoms with E-state index < -0.39 is 9.84 Å². The summed E-state index contributed by atoms with van der Waals surface area (Å²) < 4.78 is 22.8. The summed E-state index contributed by atoms with van der Waals surface area (Å²) >= 11 is 1.57. The van der Waals surface area contributed by atoms with Gasteiger partial charge in [-0.05, 0) is 48.9 Å². The van der Waals surface area contributed by atoms with Crippen molar-refractivity contribution in [1.82, 2.24) is 0 Å². The van der Waals surface area contributed by atoms with Crippen LogP contribution >= 0.6 is 11.8 Å². The van der Waals surface area contributed by atoms with Crippen LogP contribution in [0.3, 0.4) is 0 Å². The minimum absolute atomic E-state index is 0.334. The Morgan fingerprint density at radius 1 is 1.05 bits per heavy atom. The lowest BCUT2D eigenvalue weighted by molar-refractivity contribution is 0.602. The molecular weight excluding hydrogens is 278 g/mol. The van der Waals surface area contributed by atoms with Crippen LogP contribution in [0.15, 0.2) is 57.2 Å². The molecular formula is C14H15NO2S2. The van der Waals surface area contributed by atoms with Crippen molar-refractivity contribution in [2.75, 3.05) is 12.0 Å². The first kappa shape index (κ1) is 14.0. The molecule has 0 heterocycles. The molecule has 0 fully saturated rings. The molecule has 0 bridgehead atoms. The standard InChI is InChI=1S/C14H15NO2S2/c1-10-3-4-11(15)9-14(10)18-12-5-7-13(8-6-12)19(2,16)17/h3-9H,15H2,1-2H3. The zero-order chi connectivity index (χ0) is 14.0. The van der Waals surface area contributed by atoms with Gasteiger partial charge in [-0.3, -0.25) is 0 Å². The van der Waals surface area contributed by atoms with Crippen LogP contribution in [0.4, 0.5) is 5.69 Å². The maximum absolute atomic E-state index is 11.4. The third-order valence-corrected chi connectivity index (χ3v) is 4.99. The fourth-order valence-corrected chi connectivity index (χ4v) is 3.19. The van der Waals surface area contributed by atoms with E-state index in [1.54, 1.807) is 23.9 Å². The number of benzene rings is 2. The van der Waals surface area contributed by atoms with Crippen LogP contribution in [0.25, 0.3) is 0 Å². The Kier molecular flexibility index (Phi) is 3.87. The maximum atomic E-state index is 11.4. The highest BCUT2D eigenvalue weighted by Crippen LogP contribution is 2.32.